The summed E-state index contributed by atoms with van der Waals surface area (Å²) >= 11 is 5.91. The quantitative estimate of drug-likeness (QED) is 0.146. The first kappa shape index (κ1) is 40.3. The lowest BCUT2D eigenvalue weighted by molar-refractivity contribution is -0.134. The number of rotatable bonds is 12. The van der Waals surface area contributed by atoms with Crippen LogP contribution in [0.25, 0.3) is 10.9 Å². The van der Waals surface area contributed by atoms with Crippen LogP contribution < -0.4 is 15.4 Å². The number of benzene rings is 2. The highest BCUT2D eigenvalue weighted by Crippen LogP contribution is 2.35. The standard InChI is InChI=1S/C24H25ClFN5O3.2C4H4O4/c1-31(2)8-3-4-23(32)30-21-11-17-20(12-22(21)34-16-7-9-33-13-16)27-14-28-24(17)29-15-5-6-19(26)18(25)10-15;2*5-3(6)1-2-4(7)8/h3-6,10-12,14,16H,7-9,13H2,1-2H3,(H,30,32)(H,27,28,29);2*1-2H,(H,5,6)(H,7,8)/b4-3+;2*2-1+/t16-;;/m0../s1. The van der Waals surface area contributed by atoms with Gasteiger partial charge < -0.3 is 45.4 Å². The number of carbonyl (C=O) groups is 5. The molecule has 0 radical (unpaired) electrons. The molecule has 266 valence electrons. The van der Waals surface area contributed by atoms with E-state index in [1.807, 2.05) is 19.0 Å². The number of ether oxygens (including phenoxy) is 2. The molecule has 4 rings (SSSR count). The molecule has 1 aliphatic rings. The number of carboxylic acid groups (broad SMARTS) is 4. The maximum atomic E-state index is 13.6. The molecule has 1 aliphatic heterocycles. The molecule has 0 saturated carbocycles. The van der Waals surface area contributed by atoms with Crippen LogP contribution in [-0.2, 0) is 28.7 Å². The van der Waals surface area contributed by atoms with E-state index in [9.17, 15) is 28.4 Å². The zero-order valence-corrected chi connectivity index (χ0v) is 27.3. The third kappa shape index (κ3) is 15.3. The Balaban J connectivity index is 0.000000450. The van der Waals surface area contributed by atoms with Gasteiger partial charge in [0.2, 0.25) is 5.91 Å². The first-order chi connectivity index (χ1) is 23.6. The number of nitrogens with zero attached hydrogens (tertiary/aromatic N) is 3. The Kier molecular flexibility index (Phi) is 16.5. The Morgan fingerprint density at radius 2 is 1.58 bits per heavy atom. The lowest BCUT2D eigenvalue weighted by Gasteiger charge is -2.17. The summed E-state index contributed by atoms with van der Waals surface area (Å²) in [5.41, 5.74) is 1.65. The van der Waals surface area contributed by atoms with Crippen LogP contribution in [0.2, 0.25) is 5.02 Å². The number of carbonyl (C=O) groups excluding carboxylic acids is 1. The van der Waals surface area contributed by atoms with Gasteiger partial charge in [-0.3, -0.25) is 4.79 Å². The molecule has 16 nitrogen and oxygen atoms in total. The number of carboxylic acids is 4. The molecule has 0 bridgehead atoms. The predicted octanol–water partition coefficient (Wildman–Crippen LogP) is 3.81. The molecular formula is C32H33ClFN5O11. The lowest BCUT2D eigenvalue weighted by atomic mass is 10.1. The summed E-state index contributed by atoms with van der Waals surface area (Å²) in [4.78, 5) is 61.4. The van der Waals surface area contributed by atoms with Crippen LogP contribution in [0.5, 0.6) is 5.75 Å². The van der Waals surface area contributed by atoms with Crippen LogP contribution in [0, 0.1) is 5.82 Å². The van der Waals surface area contributed by atoms with Crippen molar-refractivity contribution in [2.45, 2.75) is 12.5 Å². The third-order valence-corrected chi connectivity index (χ3v) is 6.12. The van der Waals surface area contributed by atoms with Crippen molar-refractivity contribution in [3.63, 3.8) is 0 Å². The van der Waals surface area contributed by atoms with E-state index in [1.165, 1.54) is 24.5 Å². The molecule has 1 amide bonds. The molecule has 18 heteroatoms. The second kappa shape index (κ2) is 20.5. The Morgan fingerprint density at radius 3 is 2.10 bits per heavy atom. The van der Waals surface area contributed by atoms with E-state index in [4.69, 9.17) is 41.5 Å². The first-order valence-corrected chi connectivity index (χ1v) is 14.7. The SMILES string of the molecule is CN(C)C/C=C/C(=O)Nc1cc2c(Nc3ccc(F)c(Cl)c3)ncnc2cc1O[C@H]1CCOC1.O=C(O)/C=C/C(=O)O.O=C(O)/C=C/C(=O)O. The predicted molar refractivity (Wildman–Crippen MR) is 179 cm³/mol. The summed E-state index contributed by atoms with van der Waals surface area (Å²) in [6, 6.07) is 7.82. The molecule has 0 spiro atoms. The number of hydrogen-bond acceptors (Lipinski definition) is 11. The molecule has 50 heavy (non-hydrogen) atoms. The van der Waals surface area contributed by atoms with Gasteiger partial charge in [0.25, 0.3) is 0 Å². The lowest BCUT2D eigenvalue weighted by Crippen LogP contribution is -2.18. The normalized spacial score (nSPS) is 13.8. The maximum Gasteiger partial charge on any atom is 0.328 e. The fourth-order valence-electron chi connectivity index (χ4n) is 3.70. The molecule has 1 aromatic heterocycles. The van der Waals surface area contributed by atoms with Gasteiger partial charge in [0.1, 0.15) is 29.8 Å². The van der Waals surface area contributed by atoms with Crippen molar-refractivity contribution < 1.29 is 58.3 Å². The molecule has 1 saturated heterocycles. The number of hydrogen-bond donors (Lipinski definition) is 6. The summed E-state index contributed by atoms with van der Waals surface area (Å²) in [5.74, 6) is -4.86. The summed E-state index contributed by atoms with van der Waals surface area (Å²) < 4.78 is 25.1. The van der Waals surface area contributed by atoms with Gasteiger partial charge in [0.05, 0.1) is 29.4 Å². The van der Waals surface area contributed by atoms with Crippen LogP contribution in [0.15, 0.2) is 73.1 Å². The van der Waals surface area contributed by atoms with Gasteiger partial charge in [-0.25, -0.2) is 33.5 Å². The number of amides is 1. The van der Waals surface area contributed by atoms with E-state index in [0.717, 1.165) is 6.42 Å². The Hall–Kier alpha value is -5.91. The largest absolute Gasteiger partial charge is 0.486 e. The highest BCUT2D eigenvalue weighted by molar-refractivity contribution is 6.31. The fourth-order valence-corrected chi connectivity index (χ4v) is 3.89. The van der Waals surface area contributed by atoms with Crippen LogP contribution >= 0.6 is 11.6 Å². The number of anilines is 3. The number of aliphatic carboxylic acids is 4. The monoisotopic (exact) mass is 717 g/mol. The molecule has 0 aliphatic carbocycles. The summed E-state index contributed by atoms with van der Waals surface area (Å²) in [6.07, 6.45) is 7.55. The molecule has 1 atom stereocenters. The highest BCUT2D eigenvalue weighted by Gasteiger charge is 2.21. The number of fused-ring (bicyclic) bond motifs is 1. The van der Waals surface area contributed by atoms with Crippen molar-refractivity contribution in [2.24, 2.45) is 0 Å². The van der Waals surface area contributed by atoms with Crippen molar-refractivity contribution in [1.82, 2.24) is 14.9 Å². The Labute approximate surface area is 289 Å². The minimum atomic E-state index is -1.26. The van der Waals surface area contributed by atoms with Crippen molar-refractivity contribution in [1.29, 1.82) is 0 Å². The summed E-state index contributed by atoms with van der Waals surface area (Å²) in [6.45, 7) is 1.75. The molecule has 6 N–H and O–H groups in total. The zero-order valence-electron chi connectivity index (χ0n) is 26.6. The summed E-state index contributed by atoms with van der Waals surface area (Å²) in [5, 5.41) is 37.9. The maximum absolute atomic E-state index is 13.6. The van der Waals surface area contributed by atoms with E-state index in [-0.39, 0.29) is 17.0 Å². The van der Waals surface area contributed by atoms with Gasteiger partial charge in [-0.15, -0.1) is 0 Å². The number of likely N-dealkylation sites (N-methyl/N-ethyl adjacent to an activating group) is 1. The van der Waals surface area contributed by atoms with Crippen LogP contribution in [0.3, 0.4) is 0 Å². The molecule has 3 aromatic rings. The number of aromatic nitrogens is 2. The smallest absolute Gasteiger partial charge is 0.328 e. The average Bonchev–Trinajstić information content (AvgIpc) is 3.55. The number of nitrogens with one attached hydrogen (secondary N) is 2. The molecule has 2 heterocycles. The van der Waals surface area contributed by atoms with Crippen molar-refractivity contribution in [2.75, 3.05) is 44.5 Å². The van der Waals surface area contributed by atoms with E-state index >= 15 is 0 Å². The van der Waals surface area contributed by atoms with Gasteiger partial charge in [0, 0.05) is 60.5 Å². The zero-order chi connectivity index (χ0) is 37.2. The van der Waals surface area contributed by atoms with E-state index in [2.05, 4.69) is 20.6 Å². The van der Waals surface area contributed by atoms with Gasteiger partial charge >= 0.3 is 23.9 Å². The second-order valence-corrected chi connectivity index (χ2v) is 10.5. The van der Waals surface area contributed by atoms with E-state index in [1.54, 1.807) is 24.3 Å². The minimum absolute atomic E-state index is 0.00436. The van der Waals surface area contributed by atoms with Crippen LogP contribution in [0.1, 0.15) is 6.42 Å². The van der Waals surface area contributed by atoms with Gasteiger partial charge in [0.15, 0.2) is 0 Å². The second-order valence-electron chi connectivity index (χ2n) is 10.1. The Bertz CT molecular complexity index is 1710. The Morgan fingerprint density at radius 1 is 0.960 bits per heavy atom. The van der Waals surface area contributed by atoms with Crippen molar-refractivity contribution in [3.8, 4) is 5.75 Å². The van der Waals surface area contributed by atoms with Crippen molar-refractivity contribution in [3.05, 3.63) is 84.0 Å². The van der Waals surface area contributed by atoms with E-state index in [0.29, 0.717) is 77.9 Å². The third-order valence-electron chi connectivity index (χ3n) is 5.84. The topological polar surface area (TPSA) is 238 Å². The van der Waals surface area contributed by atoms with Gasteiger partial charge in [-0.05, 0) is 38.4 Å². The average molecular weight is 718 g/mol. The fraction of sp³-hybridized carbons (Fsp3) is 0.219. The van der Waals surface area contributed by atoms with E-state index < -0.39 is 29.7 Å². The molecule has 2 aromatic carbocycles. The molecule has 0 unspecified atom stereocenters. The number of halogens is 2. The van der Waals surface area contributed by atoms with Crippen LogP contribution in [-0.4, -0.2) is 105 Å². The van der Waals surface area contributed by atoms with Crippen LogP contribution in [0.4, 0.5) is 21.6 Å². The highest BCUT2D eigenvalue weighted by atomic mass is 35.5. The van der Waals surface area contributed by atoms with Gasteiger partial charge in [-0.2, -0.15) is 0 Å². The van der Waals surface area contributed by atoms with Crippen molar-refractivity contribution >= 4 is 69.5 Å². The summed E-state index contributed by atoms with van der Waals surface area (Å²) in [7, 11) is 3.84. The molecular weight excluding hydrogens is 685 g/mol. The first-order valence-electron chi connectivity index (χ1n) is 14.3. The van der Waals surface area contributed by atoms with Gasteiger partial charge in [-0.1, -0.05) is 17.7 Å². The minimum Gasteiger partial charge on any atom is -0.486 e. The molecule has 1 fully saturated rings.